The molecule has 0 spiro atoms. The van der Waals surface area contributed by atoms with E-state index in [-0.39, 0.29) is 0 Å². The van der Waals surface area contributed by atoms with Gasteiger partial charge in [-0.25, -0.2) is 0 Å². The predicted molar refractivity (Wildman–Crippen MR) is 91.4 cm³/mol. The average Bonchev–Trinajstić information content (AvgIpc) is 2.40. The lowest BCUT2D eigenvalue weighted by Crippen LogP contribution is -2.32. The molecule has 0 saturated heterocycles. The van der Waals surface area contributed by atoms with Crippen LogP contribution < -0.4 is 10.2 Å². The Morgan fingerprint density at radius 2 is 2.10 bits per heavy atom. The molecular weight excluding hydrogens is 312 g/mol. The van der Waals surface area contributed by atoms with E-state index < -0.39 is 0 Å². The fourth-order valence-electron chi connectivity index (χ4n) is 2.68. The molecule has 1 aliphatic rings. The first-order chi connectivity index (χ1) is 9.74. The van der Waals surface area contributed by atoms with Crippen LogP contribution in [0.2, 0.25) is 0 Å². The van der Waals surface area contributed by atoms with Gasteiger partial charge in [0, 0.05) is 29.8 Å². The van der Waals surface area contributed by atoms with Crippen LogP contribution in [0, 0.1) is 5.92 Å². The van der Waals surface area contributed by atoms with Gasteiger partial charge >= 0.3 is 0 Å². The number of benzene rings is 1. The molecule has 1 saturated carbocycles. The van der Waals surface area contributed by atoms with Gasteiger partial charge in [-0.15, -0.1) is 0 Å². The minimum absolute atomic E-state index is 0.916. The maximum Gasteiger partial charge on any atom is 0.0377 e. The van der Waals surface area contributed by atoms with Crippen LogP contribution in [0.25, 0.3) is 0 Å². The maximum atomic E-state index is 3.73. The van der Waals surface area contributed by atoms with Crippen LogP contribution in [0.5, 0.6) is 0 Å². The van der Waals surface area contributed by atoms with E-state index in [1.807, 2.05) is 0 Å². The van der Waals surface area contributed by atoms with Crippen molar-refractivity contribution in [2.45, 2.75) is 46.1 Å². The molecule has 1 aromatic rings. The summed E-state index contributed by atoms with van der Waals surface area (Å²) >= 11 is 3.73. The largest absolute Gasteiger partial charge is 0.372 e. The number of nitrogens with zero attached hydrogens (tertiary/aromatic N) is 1. The van der Waals surface area contributed by atoms with Gasteiger partial charge in [0.25, 0.3) is 0 Å². The van der Waals surface area contributed by atoms with Gasteiger partial charge in [0.2, 0.25) is 0 Å². The monoisotopic (exact) mass is 338 g/mol. The van der Waals surface area contributed by atoms with Crippen molar-refractivity contribution < 1.29 is 0 Å². The molecule has 112 valence electrons. The van der Waals surface area contributed by atoms with Crippen LogP contribution >= 0.6 is 15.9 Å². The molecular formula is C17H27BrN2. The van der Waals surface area contributed by atoms with Gasteiger partial charge in [-0.3, -0.25) is 0 Å². The molecule has 1 N–H and O–H groups in total. The molecule has 1 fully saturated rings. The molecule has 0 aliphatic heterocycles. The molecule has 0 aromatic heterocycles. The van der Waals surface area contributed by atoms with Crippen LogP contribution in [0.1, 0.15) is 45.1 Å². The zero-order valence-electron chi connectivity index (χ0n) is 12.8. The molecule has 20 heavy (non-hydrogen) atoms. The second-order valence-corrected chi connectivity index (χ2v) is 6.64. The van der Waals surface area contributed by atoms with Gasteiger partial charge in [0.05, 0.1) is 0 Å². The van der Waals surface area contributed by atoms with Crippen LogP contribution in [-0.4, -0.2) is 19.6 Å². The Labute approximate surface area is 132 Å². The van der Waals surface area contributed by atoms with Crippen LogP contribution in [0.4, 0.5) is 5.69 Å². The topological polar surface area (TPSA) is 15.3 Å². The highest BCUT2D eigenvalue weighted by atomic mass is 79.9. The molecule has 0 bridgehead atoms. The molecule has 0 unspecified atom stereocenters. The third-order valence-electron chi connectivity index (χ3n) is 4.23. The van der Waals surface area contributed by atoms with Gasteiger partial charge in [0.1, 0.15) is 0 Å². The summed E-state index contributed by atoms with van der Waals surface area (Å²) in [6, 6.07) is 6.81. The molecule has 3 heteroatoms. The first-order valence-corrected chi connectivity index (χ1v) is 8.78. The van der Waals surface area contributed by atoms with Crippen molar-refractivity contribution in [1.29, 1.82) is 0 Å². The molecule has 0 amide bonds. The van der Waals surface area contributed by atoms with Gasteiger partial charge < -0.3 is 10.2 Å². The highest BCUT2D eigenvalue weighted by molar-refractivity contribution is 9.10. The summed E-state index contributed by atoms with van der Waals surface area (Å²) in [5.41, 5.74) is 2.70. The molecule has 0 radical (unpaired) electrons. The summed E-state index contributed by atoms with van der Waals surface area (Å²) in [6.07, 6.45) is 5.43. The van der Waals surface area contributed by atoms with Gasteiger partial charge in [-0.1, -0.05) is 35.3 Å². The Balaban J connectivity index is 1.98. The summed E-state index contributed by atoms with van der Waals surface area (Å²) in [7, 11) is 0. The zero-order chi connectivity index (χ0) is 14.4. The minimum Gasteiger partial charge on any atom is -0.372 e. The smallest absolute Gasteiger partial charge is 0.0377 e. The lowest BCUT2D eigenvalue weighted by atomic mass is 9.85. The second kappa shape index (κ2) is 8.04. The van der Waals surface area contributed by atoms with E-state index in [9.17, 15) is 0 Å². The maximum absolute atomic E-state index is 3.73. The summed E-state index contributed by atoms with van der Waals surface area (Å²) in [6.45, 7) is 8.79. The highest BCUT2D eigenvalue weighted by Gasteiger charge is 2.20. The normalized spacial score (nSPS) is 15.2. The SMILES string of the molecule is CCCNCc1ccc(N(CC)CC2CCC2)cc1Br. The predicted octanol–water partition coefficient (Wildman–Crippen LogP) is 4.58. The average molecular weight is 339 g/mol. The van der Waals surface area contributed by atoms with E-state index in [0.717, 1.165) is 25.6 Å². The van der Waals surface area contributed by atoms with Crippen LogP contribution in [0.15, 0.2) is 22.7 Å². The summed E-state index contributed by atoms with van der Waals surface area (Å²) in [5, 5.41) is 3.46. The molecule has 1 aromatic carbocycles. The van der Waals surface area contributed by atoms with Gasteiger partial charge in [0.15, 0.2) is 0 Å². The summed E-state index contributed by atoms with van der Waals surface area (Å²) < 4.78 is 1.23. The first-order valence-electron chi connectivity index (χ1n) is 7.98. The van der Waals surface area contributed by atoms with E-state index >= 15 is 0 Å². The molecule has 1 aliphatic carbocycles. The molecule has 0 atom stereocenters. The van der Waals surface area contributed by atoms with Crippen molar-refractivity contribution in [3.8, 4) is 0 Å². The number of hydrogen-bond acceptors (Lipinski definition) is 2. The second-order valence-electron chi connectivity index (χ2n) is 5.79. The van der Waals surface area contributed by atoms with Gasteiger partial charge in [-0.2, -0.15) is 0 Å². The molecule has 2 rings (SSSR count). The fourth-order valence-corrected chi connectivity index (χ4v) is 3.19. The van der Waals surface area contributed by atoms with Gasteiger partial charge in [-0.05, 0) is 56.3 Å². The molecule has 2 nitrogen and oxygen atoms in total. The Hall–Kier alpha value is -0.540. The Bertz CT molecular complexity index is 415. The van der Waals surface area contributed by atoms with Crippen molar-refractivity contribution in [1.82, 2.24) is 5.32 Å². The Morgan fingerprint density at radius 1 is 1.30 bits per heavy atom. The van der Waals surface area contributed by atoms with Crippen molar-refractivity contribution in [2.24, 2.45) is 5.92 Å². The Morgan fingerprint density at radius 3 is 2.65 bits per heavy atom. The van der Waals surface area contributed by atoms with E-state index in [1.165, 1.54) is 48.0 Å². The van der Waals surface area contributed by atoms with E-state index in [0.29, 0.717) is 0 Å². The van der Waals surface area contributed by atoms with Crippen molar-refractivity contribution >= 4 is 21.6 Å². The highest BCUT2D eigenvalue weighted by Crippen LogP contribution is 2.30. The minimum atomic E-state index is 0.916. The Kier molecular flexibility index (Phi) is 6.37. The summed E-state index contributed by atoms with van der Waals surface area (Å²) in [4.78, 5) is 2.51. The number of rotatable bonds is 8. The number of nitrogens with one attached hydrogen (secondary N) is 1. The third-order valence-corrected chi connectivity index (χ3v) is 4.97. The number of halogens is 1. The number of hydrogen-bond donors (Lipinski definition) is 1. The van der Waals surface area contributed by atoms with Crippen LogP contribution in [-0.2, 0) is 6.54 Å². The fraction of sp³-hybridized carbons (Fsp3) is 0.647. The lowest BCUT2D eigenvalue weighted by molar-refractivity contribution is 0.318. The van der Waals surface area contributed by atoms with E-state index in [4.69, 9.17) is 0 Å². The quantitative estimate of drug-likeness (QED) is 0.698. The number of anilines is 1. The molecule has 0 heterocycles. The van der Waals surface area contributed by atoms with E-state index in [1.54, 1.807) is 0 Å². The third kappa shape index (κ3) is 4.23. The standard InChI is InChI=1S/C17H27BrN2/c1-3-10-19-12-15-8-9-16(11-17(15)18)20(4-2)13-14-6-5-7-14/h8-9,11,14,19H,3-7,10,12-13H2,1-2H3. The van der Waals surface area contributed by atoms with Crippen LogP contribution in [0.3, 0.4) is 0 Å². The van der Waals surface area contributed by atoms with Crippen molar-refractivity contribution in [3.05, 3.63) is 28.2 Å². The van der Waals surface area contributed by atoms with Crippen molar-refractivity contribution in [2.75, 3.05) is 24.5 Å². The van der Waals surface area contributed by atoms with Crippen molar-refractivity contribution in [3.63, 3.8) is 0 Å². The first kappa shape index (κ1) is 15.8. The van der Waals surface area contributed by atoms with E-state index in [2.05, 4.69) is 58.2 Å². The summed E-state index contributed by atoms with van der Waals surface area (Å²) in [5.74, 6) is 0.916. The zero-order valence-corrected chi connectivity index (χ0v) is 14.4. The lowest BCUT2D eigenvalue weighted by Gasteiger charge is -2.33.